The number of hydrogen-bond donors (Lipinski definition) is 1. The van der Waals surface area contributed by atoms with Crippen molar-refractivity contribution in [2.24, 2.45) is 5.73 Å². The molecule has 18 heavy (non-hydrogen) atoms. The predicted octanol–water partition coefficient (Wildman–Crippen LogP) is 0.584. The molecule has 0 aromatic carbocycles. The number of ether oxygens (including phenoxy) is 1. The molecule has 2 aliphatic rings. The number of morpholine rings is 1. The van der Waals surface area contributed by atoms with Crippen LogP contribution in [-0.4, -0.2) is 29.0 Å². The largest absolute Gasteiger partial charge is 0.355 e. The van der Waals surface area contributed by atoms with E-state index in [9.17, 15) is 9.59 Å². The molecule has 0 radical (unpaired) electrons. The standard InChI is InChI=1S/C11H13N3O3S/c1-5(12)6-4-18-11(13-6)14-9(15)7-2-3-8(17-7)10(14)16/h4-5,7-8H,2-3,12H2,1H3. The fraction of sp³-hybridized carbons (Fsp3) is 0.545. The van der Waals surface area contributed by atoms with Gasteiger partial charge in [-0.1, -0.05) is 0 Å². The van der Waals surface area contributed by atoms with Crippen LogP contribution >= 0.6 is 11.3 Å². The zero-order valence-electron chi connectivity index (χ0n) is 9.83. The maximum Gasteiger partial charge on any atom is 0.264 e. The van der Waals surface area contributed by atoms with Crippen molar-refractivity contribution in [3.05, 3.63) is 11.1 Å². The van der Waals surface area contributed by atoms with Gasteiger partial charge in [-0.05, 0) is 19.8 Å². The minimum atomic E-state index is -0.490. The molecule has 1 aromatic rings. The normalized spacial score (nSPS) is 28.9. The molecule has 2 N–H and O–H groups in total. The van der Waals surface area contributed by atoms with Crippen molar-refractivity contribution in [3.8, 4) is 0 Å². The average molecular weight is 267 g/mol. The van der Waals surface area contributed by atoms with Gasteiger partial charge in [-0.15, -0.1) is 11.3 Å². The zero-order chi connectivity index (χ0) is 12.9. The second-order valence-corrected chi connectivity index (χ2v) is 5.38. The highest BCUT2D eigenvalue weighted by Crippen LogP contribution is 2.33. The first-order valence-electron chi connectivity index (χ1n) is 5.82. The highest BCUT2D eigenvalue weighted by atomic mass is 32.1. The van der Waals surface area contributed by atoms with Crippen molar-refractivity contribution in [2.45, 2.75) is 38.0 Å². The Morgan fingerprint density at radius 3 is 2.56 bits per heavy atom. The SMILES string of the molecule is CC(N)c1csc(N2C(=O)C3CCC(O3)C2=O)n1. The fourth-order valence-electron chi connectivity index (χ4n) is 2.17. The summed E-state index contributed by atoms with van der Waals surface area (Å²) in [5.74, 6) is -0.612. The Hall–Kier alpha value is -1.31. The highest BCUT2D eigenvalue weighted by molar-refractivity contribution is 7.14. The first kappa shape index (κ1) is 11.8. The Morgan fingerprint density at radius 1 is 1.44 bits per heavy atom. The van der Waals surface area contributed by atoms with Crippen LogP contribution in [0.5, 0.6) is 0 Å². The van der Waals surface area contributed by atoms with Gasteiger partial charge in [-0.2, -0.15) is 0 Å². The number of nitrogens with two attached hydrogens (primary N) is 1. The molecule has 2 amide bonds. The molecule has 2 aliphatic heterocycles. The summed E-state index contributed by atoms with van der Waals surface area (Å²) in [4.78, 5) is 29.6. The van der Waals surface area contributed by atoms with E-state index in [2.05, 4.69) is 4.98 Å². The van der Waals surface area contributed by atoms with Gasteiger partial charge in [0.15, 0.2) is 5.13 Å². The van der Waals surface area contributed by atoms with Gasteiger partial charge in [0, 0.05) is 11.4 Å². The third kappa shape index (κ3) is 1.66. The van der Waals surface area contributed by atoms with Gasteiger partial charge in [0.05, 0.1) is 5.69 Å². The summed E-state index contributed by atoms with van der Waals surface area (Å²) >= 11 is 1.26. The Kier molecular flexibility index (Phi) is 2.69. The van der Waals surface area contributed by atoms with Crippen LogP contribution in [-0.2, 0) is 14.3 Å². The number of hydrogen-bond acceptors (Lipinski definition) is 6. The quantitative estimate of drug-likeness (QED) is 0.792. The van der Waals surface area contributed by atoms with E-state index in [1.807, 2.05) is 6.92 Å². The van der Waals surface area contributed by atoms with Crippen LogP contribution in [0.25, 0.3) is 0 Å². The molecule has 96 valence electrons. The molecule has 1 aromatic heterocycles. The molecule has 0 aliphatic carbocycles. The van der Waals surface area contributed by atoms with Gasteiger partial charge in [-0.25, -0.2) is 9.88 Å². The molecule has 3 unspecified atom stereocenters. The summed E-state index contributed by atoms with van der Waals surface area (Å²) in [5, 5.41) is 2.18. The van der Waals surface area contributed by atoms with E-state index in [4.69, 9.17) is 10.5 Å². The minimum absolute atomic E-state index is 0.210. The monoisotopic (exact) mass is 267 g/mol. The predicted molar refractivity (Wildman–Crippen MR) is 65.1 cm³/mol. The molecule has 0 saturated carbocycles. The number of rotatable bonds is 2. The Balaban J connectivity index is 1.94. The Labute approximate surface area is 108 Å². The number of anilines is 1. The lowest BCUT2D eigenvalue weighted by molar-refractivity contribution is -0.146. The molecule has 6 nitrogen and oxygen atoms in total. The molecule has 3 rings (SSSR count). The summed E-state index contributed by atoms with van der Waals surface area (Å²) in [5.41, 5.74) is 6.41. The van der Waals surface area contributed by atoms with E-state index in [-0.39, 0.29) is 17.9 Å². The van der Waals surface area contributed by atoms with E-state index >= 15 is 0 Å². The second kappa shape index (κ2) is 4.11. The second-order valence-electron chi connectivity index (χ2n) is 4.55. The zero-order valence-corrected chi connectivity index (χ0v) is 10.6. The van der Waals surface area contributed by atoms with Crippen molar-refractivity contribution in [1.82, 2.24) is 4.98 Å². The van der Waals surface area contributed by atoms with Gasteiger partial charge in [0.2, 0.25) is 0 Å². The van der Waals surface area contributed by atoms with E-state index < -0.39 is 12.2 Å². The van der Waals surface area contributed by atoms with Crippen LogP contribution in [0.4, 0.5) is 5.13 Å². The van der Waals surface area contributed by atoms with Crippen molar-refractivity contribution in [3.63, 3.8) is 0 Å². The lowest BCUT2D eigenvalue weighted by Gasteiger charge is -2.27. The van der Waals surface area contributed by atoms with E-state index in [1.54, 1.807) is 5.38 Å². The van der Waals surface area contributed by atoms with E-state index in [0.29, 0.717) is 23.7 Å². The van der Waals surface area contributed by atoms with Crippen LogP contribution < -0.4 is 10.6 Å². The lowest BCUT2D eigenvalue weighted by Crippen LogP contribution is -2.52. The summed E-state index contributed by atoms with van der Waals surface area (Å²) < 4.78 is 5.34. The third-order valence-electron chi connectivity index (χ3n) is 3.18. The molecule has 0 spiro atoms. The van der Waals surface area contributed by atoms with Gasteiger partial charge in [0.1, 0.15) is 12.2 Å². The van der Waals surface area contributed by atoms with E-state index in [0.717, 1.165) is 4.90 Å². The summed E-state index contributed by atoms with van der Waals surface area (Å²) in [6.07, 6.45) is 0.236. The lowest BCUT2D eigenvalue weighted by atomic mass is 10.2. The summed E-state index contributed by atoms with van der Waals surface area (Å²) in [6, 6.07) is -0.210. The average Bonchev–Trinajstić information content (AvgIpc) is 2.95. The number of amides is 2. The van der Waals surface area contributed by atoms with Crippen LogP contribution in [0.2, 0.25) is 0 Å². The number of fused-ring (bicyclic) bond motifs is 2. The summed E-state index contributed by atoms with van der Waals surface area (Å²) in [6.45, 7) is 1.81. The van der Waals surface area contributed by atoms with Gasteiger partial charge in [0.25, 0.3) is 11.8 Å². The number of imide groups is 1. The molecular formula is C11H13N3O3S. The maximum atomic E-state index is 12.1. The van der Waals surface area contributed by atoms with Gasteiger partial charge in [-0.3, -0.25) is 9.59 Å². The smallest absolute Gasteiger partial charge is 0.264 e. The summed E-state index contributed by atoms with van der Waals surface area (Å²) in [7, 11) is 0. The molecule has 2 fully saturated rings. The number of aromatic nitrogens is 1. The Bertz CT molecular complexity index is 491. The fourth-order valence-corrected chi connectivity index (χ4v) is 3.11. The van der Waals surface area contributed by atoms with Crippen LogP contribution in [0.3, 0.4) is 0 Å². The molecule has 3 heterocycles. The first-order valence-corrected chi connectivity index (χ1v) is 6.70. The molecule has 3 atom stereocenters. The first-order chi connectivity index (χ1) is 8.58. The van der Waals surface area contributed by atoms with Crippen molar-refractivity contribution in [1.29, 1.82) is 0 Å². The number of carbonyl (C=O) groups is 2. The van der Waals surface area contributed by atoms with Crippen molar-refractivity contribution < 1.29 is 14.3 Å². The van der Waals surface area contributed by atoms with Crippen molar-refractivity contribution >= 4 is 28.3 Å². The third-order valence-corrected chi connectivity index (χ3v) is 4.02. The minimum Gasteiger partial charge on any atom is -0.355 e. The van der Waals surface area contributed by atoms with Crippen LogP contribution in [0, 0.1) is 0 Å². The van der Waals surface area contributed by atoms with Crippen LogP contribution in [0.15, 0.2) is 5.38 Å². The molecule has 7 heteroatoms. The molecule has 2 saturated heterocycles. The van der Waals surface area contributed by atoms with Crippen LogP contribution in [0.1, 0.15) is 31.5 Å². The highest BCUT2D eigenvalue weighted by Gasteiger charge is 2.48. The maximum absolute atomic E-state index is 12.1. The number of carbonyl (C=O) groups excluding carboxylic acids is 2. The molecular weight excluding hydrogens is 254 g/mol. The van der Waals surface area contributed by atoms with Crippen molar-refractivity contribution in [2.75, 3.05) is 4.90 Å². The number of thiazole rings is 1. The number of nitrogens with zero attached hydrogens (tertiary/aromatic N) is 2. The molecule has 2 bridgehead atoms. The Morgan fingerprint density at radius 2 is 2.06 bits per heavy atom. The van der Waals surface area contributed by atoms with Gasteiger partial charge < -0.3 is 10.5 Å². The topological polar surface area (TPSA) is 85.5 Å². The van der Waals surface area contributed by atoms with E-state index in [1.165, 1.54) is 11.3 Å². The van der Waals surface area contributed by atoms with Gasteiger partial charge >= 0.3 is 0 Å².